The number of nitrogens with one attached hydrogen (secondary N) is 2. The maximum absolute atomic E-state index is 11.8. The summed E-state index contributed by atoms with van der Waals surface area (Å²) in [6.45, 7) is 4.25. The zero-order valence-electron chi connectivity index (χ0n) is 12.3. The number of pyridine rings is 1. The Morgan fingerprint density at radius 2 is 2.19 bits per heavy atom. The van der Waals surface area contributed by atoms with E-state index in [0.29, 0.717) is 12.3 Å². The highest BCUT2D eigenvalue weighted by molar-refractivity contribution is 5.91. The third-order valence-electron chi connectivity index (χ3n) is 3.10. The molecule has 0 spiro atoms. The van der Waals surface area contributed by atoms with Crippen molar-refractivity contribution in [1.29, 1.82) is 0 Å². The lowest BCUT2D eigenvalue weighted by molar-refractivity contribution is 0.0924. The number of nitrogens with zero attached hydrogens (tertiary/aromatic N) is 1. The summed E-state index contributed by atoms with van der Waals surface area (Å²) in [4.78, 5) is 15.9. The molecular formula is C16H21N3O2. The highest BCUT2D eigenvalue weighted by Crippen LogP contribution is 2.07. The highest BCUT2D eigenvalue weighted by atomic mass is 16.3. The van der Waals surface area contributed by atoms with Gasteiger partial charge in [-0.05, 0) is 36.7 Å². The molecule has 0 aliphatic heterocycles. The summed E-state index contributed by atoms with van der Waals surface area (Å²) < 4.78 is 5.40. The SMILES string of the molecule is CCc1ccc(C(=O)NCCCNCc2cccnc2)o1. The van der Waals surface area contributed by atoms with Crippen LogP contribution in [0.2, 0.25) is 0 Å². The van der Waals surface area contributed by atoms with Gasteiger partial charge in [0.1, 0.15) is 5.76 Å². The van der Waals surface area contributed by atoms with Crippen molar-refractivity contribution in [2.75, 3.05) is 13.1 Å². The fourth-order valence-electron chi connectivity index (χ4n) is 1.93. The molecule has 5 nitrogen and oxygen atoms in total. The van der Waals surface area contributed by atoms with Gasteiger partial charge >= 0.3 is 0 Å². The van der Waals surface area contributed by atoms with Crippen molar-refractivity contribution in [3.63, 3.8) is 0 Å². The van der Waals surface area contributed by atoms with Crippen LogP contribution in [0.1, 0.15) is 35.2 Å². The molecule has 2 rings (SSSR count). The Hall–Kier alpha value is -2.14. The van der Waals surface area contributed by atoms with E-state index in [0.717, 1.165) is 37.3 Å². The minimum absolute atomic E-state index is 0.151. The van der Waals surface area contributed by atoms with Crippen molar-refractivity contribution in [3.8, 4) is 0 Å². The van der Waals surface area contributed by atoms with E-state index in [1.54, 1.807) is 12.3 Å². The van der Waals surface area contributed by atoms with Gasteiger partial charge < -0.3 is 15.1 Å². The van der Waals surface area contributed by atoms with Crippen LogP contribution in [0.3, 0.4) is 0 Å². The number of amides is 1. The van der Waals surface area contributed by atoms with Gasteiger partial charge in [-0.2, -0.15) is 0 Å². The monoisotopic (exact) mass is 287 g/mol. The van der Waals surface area contributed by atoms with E-state index in [9.17, 15) is 4.79 Å². The summed E-state index contributed by atoms with van der Waals surface area (Å²) >= 11 is 0. The first-order valence-corrected chi connectivity index (χ1v) is 7.26. The normalized spacial score (nSPS) is 10.5. The number of aryl methyl sites for hydroxylation is 1. The molecule has 2 N–H and O–H groups in total. The summed E-state index contributed by atoms with van der Waals surface area (Å²) in [6.07, 6.45) is 5.27. The van der Waals surface area contributed by atoms with Crippen molar-refractivity contribution in [3.05, 3.63) is 53.7 Å². The van der Waals surface area contributed by atoms with E-state index in [2.05, 4.69) is 15.6 Å². The number of rotatable bonds is 8. The van der Waals surface area contributed by atoms with Crippen LogP contribution in [-0.2, 0) is 13.0 Å². The van der Waals surface area contributed by atoms with Gasteiger partial charge in [0, 0.05) is 31.9 Å². The molecule has 112 valence electrons. The Morgan fingerprint density at radius 1 is 1.29 bits per heavy atom. The quantitative estimate of drug-likeness (QED) is 0.730. The minimum Gasteiger partial charge on any atom is -0.456 e. The van der Waals surface area contributed by atoms with Crippen molar-refractivity contribution >= 4 is 5.91 Å². The molecule has 2 heterocycles. The van der Waals surface area contributed by atoms with Gasteiger partial charge in [-0.3, -0.25) is 9.78 Å². The van der Waals surface area contributed by atoms with E-state index < -0.39 is 0 Å². The molecular weight excluding hydrogens is 266 g/mol. The first kappa shape index (κ1) is 15.3. The lowest BCUT2D eigenvalue weighted by Gasteiger charge is -2.05. The molecule has 2 aromatic rings. The van der Waals surface area contributed by atoms with Gasteiger partial charge in [-0.1, -0.05) is 13.0 Å². The van der Waals surface area contributed by atoms with Gasteiger partial charge in [0.2, 0.25) is 0 Å². The van der Waals surface area contributed by atoms with E-state index in [1.165, 1.54) is 0 Å². The third-order valence-corrected chi connectivity index (χ3v) is 3.10. The summed E-state index contributed by atoms with van der Waals surface area (Å²) in [6, 6.07) is 7.51. The Labute approximate surface area is 124 Å². The van der Waals surface area contributed by atoms with E-state index >= 15 is 0 Å². The van der Waals surface area contributed by atoms with Gasteiger partial charge in [0.25, 0.3) is 5.91 Å². The Balaban J connectivity index is 1.58. The van der Waals surface area contributed by atoms with Crippen LogP contribution in [0.25, 0.3) is 0 Å². The fourth-order valence-corrected chi connectivity index (χ4v) is 1.93. The van der Waals surface area contributed by atoms with Gasteiger partial charge in [0.05, 0.1) is 0 Å². The molecule has 0 aromatic carbocycles. The summed E-state index contributed by atoms with van der Waals surface area (Å²) in [5.74, 6) is 1.07. The number of furan rings is 1. The second-order valence-corrected chi connectivity index (χ2v) is 4.77. The molecule has 0 aliphatic carbocycles. The Bertz CT molecular complexity index is 552. The molecule has 1 amide bonds. The molecule has 5 heteroatoms. The zero-order valence-corrected chi connectivity index (χ0v) is 12.3. The number of aromatic nitrogens is 1. The molecule has 0 aliphatic rings. The molecule has 2 aromatic heterocycles. The maximum atomic E-state index is 11.8. The van der Waals surface area contributed by atoms with E-state index in [1.807, 2.05) is 31.3 Å². The standard InChI is InChI=1S/C16H21N3O2/c1-2-14-6-7-15(21-14)16(20)19-10-4-9-18-12-13-5-3-8-17-11-13/h3,5-8,11,18H,2,4,9-10,12H2,1H3,(H,19,20). The second-order valence-electron chi connectivity index (χ2n) is 4.77. The lowest BCUT2D eigenvalue weighted by atomic mass is 10.3. The molecule has 0 radical (unpaired) electrons. The maximum Gasteiger partial charge on any atom is 0.286 e. The fraction of sp³-hybridized carbons (Fsp3) is 0.375. The van der Waals surface area contributed by atoms with Crippen molar-refractivity contribution in [2.24, 2.45) is 0 Å². The lowest BCUT2D eigenvalue weighted by Crippen LogP contribution is -2.27. The van der Waals surface area contributed by atoms with Crippen LogP contribution in [0.5, 0.6) is 0 Å². The molecule has 0 fully saturated rings. The minimum atomic E-state index is -0.151. The summed E-state index contributed by atoms with van der Waals surface area (Å²) in [7, 11) is 0. The average Bonchev–Trinajstić information content (AvgIpc) is 3.00. The van der Waals surface area contributed by atoms with Crippen LogP contribution in [0.4, 0.5) is 0 Å². The predicted molar refractivity (Wildman–Crippen MR) is 81.0 cm³/mol. The highest BCUT2D eigenvalue weighted by Gasteiger charge is 2.09. The van der Waals surface area contributed by atoms with Crippen LogP contribution in [-0.4, -0.2) is 24.0 Å². The van der Waals surface area contributed by atoms with Crippen LogP contribution >= 0.6 is 0 Å². The number of carbonyl (C=O) groups is 1. The van der Waals surface area contributed by atoms with Crippen LogP contribution in [0.15, 0.2) is 41.1 Å². The molecule has 0 atom stereocenters. The third kappa shape index (κ3) is 5.04. The average molecular weight is 287 g/mol. The second kappa shape index (κ2) is 8.21. The van der Waals surface area contributed by atoms with Crippen LogP contribution < -0.4 is 10.6 Å². The molecule has 0 bridgehead atoms. The Morgan fingerprint density at radius 3 is 2.90 bits per heavy atom. The van der Waals surface area contributed by atoms with Gasteiger partial charge in [-0.15, -0.1) is 0 Å². The number of carbonyl (C=O) groups excluding carboxylic acids is 1. The largest absolute Gasteiger partial charge is 0.456 e. The first-order valence-electron chi connectivity index (χ1n) is 7.26. The van der Waals surface area contributed by atoms with Crippen LogP contribution in [0, 0.1) is 0 Å². The first-order chi connectivity index (χ1) is 10.3. The van der Waals surface area contributed by atoms with Gasteiger partial charge in [0.15, 0.2) is 5.76 Å². The molecule has 0 saturated carbocycles. The van der Waals surface area contributed by atoms with Crippen molar-refractivity contribution in [2.45, 2.75) is 26.3 Å². The predicted octanol–water partition coefficient (Wildman–Crippen LogP) is 2.15. The Kier molecular flexibility index (Phi) is 5.97. The topological polar surface area (TPSA) is 67.2 Å². The van der Waals surface area contributed by atoms with Gasteiger partial charge in [-0.25, -0.2) is 0 Å². The number of hydrogen-bond acceptors (Lipinski definition) is 4. The van der Waals surface area contributed by atoms with Crippen molar-refractivity contribution in [1.82, 2.24) is 15.6 Å². The molecule has 0 unspecified atom stereocenters. The van der Waals surface area contributed by atoms with E-state index in [-0.39, 0.29) is 5.91 Å². The van der Waals surface area contributed by atoms with Crippen molar-refractivity contribution < 1.29 is 9.21 Å². The van der Waals surface area contributed by atoms with E-state index in [4.69, 9.17) is 4.42 Å². The molecule has 0 saturated heterocycles. The summed E-state index contributed by atoms with van der Waals surface area (Å²) in [5.41, 5.74) is 1.16. The zero-order chi connectivity index (χ0) is 14.9. The molecule has 21 heavy (non-hydrogen) atoms. The number of hydrogen-bond donors (Lipinski definition) is 2. The summed E-state index contributed by atoms with van der Waals surface area (Å²) in [5, 5.41) is 6.16. The smallest absolute Gasteiger partial charge is 0.286 e.